The van der Waals surface area contributed by atoms with Gasteiger partial charge in [0, 0.05) is 37.0 Å². The van der Waals surface area contributed by atoms with Crippen molar-refractivity contribution in [2.45, 2.75) is 24.2 Å². The van der Waals surface area contributed by atoms with Gasteiger partial charge in [-0.2, -0.15) is 4.31 Å². The van der Waals surface area contributed by atoms with Crippen molar-refractivity contribution in [2.24, 2.45) is 0 Å². The van der Waals surface area contributed by atoms with E-state index >= 15 is 0 Å². The molecule has 1 aliphatic rings. The molecular formula is C22H26N2O4S. The number of sulfonamides is 1. The van der Waals surface area contributed by atoms with E-state index in [1.54, 1.807) is 18.2 Å². The van der Waals surface area contributed by atoms with Crippen LogP contribution in [0.15, 0.2) is 65.2 Å². The van der Waals surface area contributed by atoms with E-state index < -0.39 is 10.0 Å². The molecule has 0 spiro atoms. The Morgan fingerprint density at radius 2 is 1.76 bits per heavy atom. The molecule has 1 heterocycles. The van der Waals surface area contributed by atoms with Gasteiger partial charge in [0.05, 0.1) is 18.6 Å². The van der Waals surface area contributed by atoms with Gasteiger partial charge in [0.2, 0.25) is 10.0 Å². The van der Waals surface area contributed by atoms with Crippen LogP contribution in [0, 0.1) is 0 Å². The molecule has 0 aromatic heterocycles. The SMILES string of the molecule is COc1ccc(S(=O)(=O)N(C)CC(=O)C=C2N(C)c3ccccc3C2(C)C)cc1. The molecule has 0 amide bonds. The number of likely N-dealkylation sites (N-methyl/N-ethyl adjacent to an activating group) is 2. The van der Waals surface area contributed by atoms with E-state index in [2.05, 4.69) is 19.9 Å². The number of hydrogen-bond donors (Lipinski definition) is 0. The molecule has 2 aromatic carbocycles. The molecule has 0 atom stereocenters. The highest BCUT2D eigenvalue weighted by molar-refractivity contribution is 7.89. The fraction of sp³-hybridized carbons (Fsp3) is 0.318. The minimum atomic E-state index is -3.77. The van der Waals surface area contributed by atoms with Crippen LogP contribution in [-0.4, -0.2) is 46.3 Å². The second kappa shape index (κ2) is 7.65. The molecule has 7 heteroatoms. The number of benzene rings is 2. The number of fused-ring (bicyclic) bond motifs is 1. The molecule has 0 aliphatic carbocycles. The van der Waals surface area contributed by atoms with Gasteiger partial charge in [-0.15, -0.1) is 0 Å². The molecule has 0 N–H and O–H groups in total. The first-order valence-corrected chi connectivity index (χ1v) is 10.7. The van der Waals surface area contributed by atoms with E-state index in [1.807, 2.05) is 30.1 Å². The summed E-state index contributed by atoms with van der Waals surface area (Å²) in [6.07, 6.45) is 1.56. The molecule has 154 valence electrons. The summed E-state index contributed by atoms with van der Waals surface area (Å²) in [5.41, 5.74) is 2.70. The zero-order valence-electron chi connectivity index (χ0n) is 17.3. The lowest BCUT2D eigenvalue weighted by atomic mass is 9.83. The van der Waals surface area contributed by atoms with E-state index in [9.17, 15) is 13.2 Å². The minimum Gasteiger partial charge on any atom is -0.497 e. The van der Waals surface area contributed by atoms with Crippen LogP contribution in [0.3, 0.4) is 0 Å². The van der Waals surface area contributed by atoms with Crippen molar-refractivity contribution in [1.29, 1.82) is 0 Å². The maximum Gasteiger partial charge on any atom is 0.243 e. The van der Waals surface area contributed by atoms with Crippen molar-refractivity contribution < 1.29 is 17.9 Å². The fourth-order valence-electron chi connectivity index (χ4n) is 3.69. The Morgan fingerprint density at radius 1 is 1.14 bits per heavy atom. The lowest BCUT2D eigenvalue weighted by molar-refractivity contribution is -0.114. The van der Waals surface area contributed by atoms with Gasteiger partial charge < -0.3 is 9.64 Å². The van der Waals surface area contributed by atoms with E-state index in [4.69, 9.17) is 4.74 Å². The summed E-state index contributed by atoms with van der Waals surface area (Å²) in [6.45, 7) is 3.89. The summed E-state index contributed by atoms with van der Waals surface area (Å²) in [5.74, 6) is 0.297. The molecule has 1 aliphatic heterocycles. The molecule has 0 fully saturated rings. The van der Waals surface area contributed by atoms with E-state index in [0.29, 0.717) is 5.75 Å². The van der Waals surface area contributed by atoms with E-state index in [1.165, 1.54) is 26.3 Å². The van der Waals surface area contributed by atoms with Gasteiger partial charge in [0.1, 0.15) is 5.75 Å². The second-order valence-electron chi connectivity index (χ2n) is 7.63. The molecule has 0 bridgehead atoms. The maximum absolute atomic E-state index is 12.8. The zero-order valence-corrected chi connectivity index (χ0v) is 18.2. The van der Waals surface area contributed by atoms with Gasteiger partial charge in [-0.25, -0.2) is 8.42 Å². The van der Waals surface area contributed by atoms with E-state index in [0.717, 1.165) is 21.3 Å². The Kier molecular flexibility index (Phi) is 5.56. The van der Waals surface area contributed by atoms with Gasteiger partial charge in [0.15, 0.2) is 5.78 Å². The number of rotatable bonds is 6. The number of ketones is 1. The monoisotopic (exact) mass is 414 g/mol. The third-order valence-electron chi connectivity index (χ3n) is 5.38. The predicted octanol–water partition coefficient (Wildman–Crippen LogP) is 3.20. The molecule has 3 rings (SSSR count). The second-order valence-corrected chi connectivity index (χ2v) is 9.68. The van der Waals surface area contributed by atoms with Crippen LogP contribution >= 0.6 is 0 Å². The van der Waals surface area contributed by atoms with Gasteiger partial charge in [-0.05, 0) is 35.9 Å². The number of para-hydroxylation sites is 1. The number of carbonyl (C=O) groups is 1. The summed E-state index contributed by atoms with van der Waals surface area (Å²) < 4.78 is 31.7. The first-order valence-electron chi connectivity index (χ1n) is 9.27. The highest BCUT2D eigenvalue weighted by atomic mass is 32.2. The molecule has 29 heavy (non-hydrogen) atoms. The number of methoxy groups -OCH3 is 1. The number of anilines is 1. The van der Waals surface area contributed by atoms with Gasteiger partial charge >= 0.3 is 0 Å². The molecule has 6 nitrogen and oxygen atoms in total. The first-order chi connectivity index (χ1) is 13.6. The van der Waals surface area contributed by atoms with Crippen molar-refractivity contribution in [3.8, 4) is 5.75 Å². The third kappa shape index (κ3) is 3.80. The van der Waals surface area contributed by atoms with Gasteiger partial charge in [-0.3, -0.25) is 4.79 Å². The van der Waals surface area contributed by atoms with Crippen LogP contribution in [-0.2, 0) is 20.2 Å². The third-order valence-corrected chi connectivity index (χ3v) is 7.20. The number of ether oxygens (including phenoxy) is 1. The van der Waals surface area contributed by atoms with Crippen LogP contribution in [0.25, 0.3) is 0 Å². The van der Waals surface area contributed by atoms with Gasteiger partial charge in [-0.1, -0.05) is 32.0 Å². The topological polar surface area (TPSA) is 66.9 Å². The number of carbonyl (C=O) groups excluding carboxylic acids is 1. The Hall–Kier alpha value is -2.64. The lowest BCUT2D eigenvalue weighted by Gasteiger charge is -2.24. The minimum absolute atomic E-state index is 0.118. The van der Waals surface area contributed by atoms with Crippen LogP contribution in [0.4, 0.5) is 5.69 Å². The zero-order chi connectivity index (χ0) is 21.4. The number of allylic oxidation sites excluding steroid dienone is 1. The van der Waals surface area contributed by atoms with Crippen molar-refractivity contribution >= 4 is 21.5 Å². The molecule has 0 saturated heterocycles. The highest BCUT2D eigenvalue weighted by Gasteiger charge is 2.38. The smallest absolute Gasteiger partial charge is 0.243 e. The maximum atomic E-state index is 12.8. The van der Waals surface area contributed by atoms with Crippen LogP contribution in [0.5, 0.6) is 5.75 Å². The van der Waals surface area contributed by atoms with E-state index in [-0.39, 0.29) is 22.6 Å². The average molecular weight is 415 g/mol. The van der Waals surface area contributed by atoms with Crippen LogP contribution in [0.2, 0.25) is 0 Å². The van der Waals surface area contributed by atoms with Crippen molar-refractivity contribution in [3.05, 3.63) is 65.9 Å². The van der Waals surface area contributed by atoms with Gasteiger partial charge in [0.25, 0.3) is 0 Å². The quantitative estimate of drug-likeness (QED) is 0.679. The normalized spacial score (nSPS) is 16.9. The van der Waals surface area contributed by atoms with Crippen molar-refractivity contribution in [3.63, 3.8) is 0 Å². The Labute approximate surface area is 172 Å². The van der Waals surface area contributed by atoms with Crippen molar-refractivity contribution in [1.82, 2.24) is 4.31 Å². The van der Waals surface area contributed by atoms with Crippen LogP contribution in [0.1, 0.15) is 19.4 Å². The molecule has 0 radical (unpaired) electrons. The highest BCUT2D eigenvalue weighted by Crippen LogP contribution is 2.46. The molecule has 0 unspecified atom stereocenters. The summed E-state index contributed by atoms with van der Waals surface area (Å²) in [7, 11) is 1.07. The number of hydrogen-bond acceptors (Lipinski definition) is 5. The molecular weight excluding hydrogens is 388 g/mol. The molecule has 2 aromatic rings. The summed E-state index contributed by atoms with van der Waals surface area (Å²) in [5, 5.41) is 0. The largest absolute Gasteiger partial charge is 0.497 e. The number of nitrogens with zero attached hydrogens (tertiary/aromatic N) is 2. The standard InChI is InChI=1S/C22H26N2O4S/c1-22(2)19-8-6-7-9-20(19)24(4)21(22)14-16(25)15-23(3)29(26,27)18-12-10-17(28-5)11-13-18/h6-14H,15H2,1-5H3. The lowest BCUT2D eigenvalue weighted by Crippen LogP contribution is -2.32. The average Bonchev–Trinajstić information content (AvgIpc) is 2.89. The summed E-state index contributed by atoms with van der Waals surface area (Å²) in [4.78, 5) is 14.9. The van der Waals surface area contributed by atoms with Crippen molar-refractivity contribution in [2.75, 3.05) is 32.6 Å². The Balaban J connectivity index is 1.81. The Bertz CT molecular complexity index is 1060. The molecule has 0 saturated carbocycles. The summed E-state index contributed by atoms with van der Waals surface area (Å²) in [6, 6.07) is 14.1. The fourth-order valence-corrected chi connectivity index (χ4v) is 4.83. The Morgan fingerprint density at radius 3 is 2.34 bits per heavy atom. The predicted molar refractivity (Wildman–Crippen MR) is 114 cm³/mol. The summed E-state index contributed by atoms with van der Waals surface area (Å²) >= 11 is 0. The van der Waals surface area contributed by atoms with Crippen LogP contribution < -0.4 is 9.64 Å². The first kappa shape index (κ1) is 21.1.